The first-order valence-corrected chi connectivity index (χ1v) is 8.75. The quantitative estimate of drug-likeness (QED) is 0.700. The van der Waals surface area contributed by atoms with E-state index in [4.69, 9.17) is 4.74 Å². The Bertz CT molecular complexity index is 759. The van der Waals surface area contributed by atoms with E-state index in [1.165, 1.54) is 17.7 Å². The maximum absolute atomic E-state index is 12.0. The van der Waals surface area contributed by atoms with Crippen LogP contribution in [0.25, 0.3) is 0 Å². The SMILES string of the molecule is CC[C@H](C)c1ccc(OCC(=O)Nc2ccc(Br)cc2C(=O)O)cc1. The molecule has 0 fully saturated rings. The highest BCUT2D eigenvalue weighted by atomic mass is 79.9. The Balaban J connectivity index is 1.96. The van der Waals surface area contributed by atoms with Gasteiger partial charge in [0.05, 0.1) is 11.3 Å². The number of benzene rings is 2. The zero-order chi connectivity index (χ0) is 18.4. The summed E-state index contributed by atoms with van der Waals surface area (Å²) in [4.78, 5) is 23.3. The summed E-state index contributed by atoms with van der Waals surface area (Å²) in [5.74, 6) is -0.463. The number of carbonyl (C=O) groups is 2. The van der Waals surface area contributed by atoms with Gasteiger partial charge in [0.15, 0.2) is 6.61 Å². The van der Waals surface area contributed by atoms with E-state index in [9.17, 15) is 14.7 Å². The molecule has 2 rings (SSSR count). The lowest BCUT2D eigenvalue weighted by Gasteiger charge is -2.12. The largest absolute Gasteiger partial charge is 0.484 e. The van der Waals surface area contributed by atoms with E-state index < -0.39 is 11.9 Å². The van der Waals surface area contributed by atoms with Crippen LogP contribution in [-0.4, -0.2) is 23.6 Å². The second-order valence-corrected chi connectivity index (χ2v) is 6.63. The van der Waals surface area contributed by atoms with Gasteiger partial charge in [0.2, 0.25) is 0 Å². The van der Waals surface area contributed by atoms with Crippen molar-refractivity contribution in [2.24, 2.45) is 0 Å². The molecule has 1 amide bonds. The first kappa shape index (κ1) is 19.0. The van der Waals surface area contributed by atoms with Crippen molar-refractivity contribution in [3.05, 3.63) is 58.1 Å². The van der Waals surface area contributed by atoms with Crippen LogP contribution < -0.4 is 10.1 Å². The number of hydrogen-bond donors (Lipinski definition) is 2. The van der Waals surface area contributed by atoms with Crippen LogP contribution in [0.3, 0.4) is 0 Å². The fraction of sp³-hybridized carbons (Fsp3) is 0.263. The number of rotatable bonds is 7. The molecule has 0 spiro atoms. The fourth-order valence-electron chi connectivity index (χ4n) is 2.27. The van der Waals surface area contributed by atoms with Crippen LogP contribution in [0, 0.1) is 0 Å². The van der Waals surface area contributed by atoms with Crippen molar-refractivity contribution < 1.29 is 19.4 Å². The number of anilines is 1. The first-order valence-electron chi connectivity index (χ1n) is 7.96. The third-order valence-electron chi connectivity index (χ3n) is 3.92. The standard InChI is InChI=1S/C19H20BrNO4/c1-3-12(2)13-4-7-15(8-5-13)25-11-18(22)21-17-9-6-14(20)10-16(17)19(23)24/h4-10,12H,3,11H2,1-2H3,(H,21,22)(H,23,24)/t12-/m0/s1. The Hall–Kier alpha value is -2.34. The molecule has 2 N–H and O–H groups in total. The summed E-state index contributed by atoms with van der Waals surface area (Å²) in [5, 5.41) is 11.8. The summed E-state index contributed by atoms with van der Waals surface area (Å²) >= 11 is 3.21. The number of halogens is 1. The predicted molar refractivity (Wildman–Crippen MR) is 100 cm³/mol. The number of hydrogen-bond acceptors (Lipinski definition) is 3. The molecule has 2 aromatic rings. The van der Waals surface area contributed by atoms with E-state index in [0.29, 0.717) is 16.1 Å². The van der Waals surface area contributed by atoms with E-state index >= 15 is 0 Å². The van der Waals surface area contributed by atoms with Crippen molar-refractivity contribution in [3.63, 3.8) is 0 Å². The zero-order valence-corrected chi connectivity index (χ0v) is 15.7. The number of ether oxygens (including phenoxy) is 1. The number of aromatic carboxylic acids is 1. The maximum Gasteiger partial charge on any atom is 0.337 e. The summed E-state index contributed by atoms with van der Waals surface area (Å²) in [6.07, 6.45) is 1.06. The van der Waals surface area contributed by atoms with E-state index in [1.54, 1.807) is 6.07 Å². The molecule has 0 saturated carbocycles. The molecule has 0 aliphatic rings. The minimum atomic E-state index is -1.11. The van der Waals surface area contributed by atoms with Gasteiger partial charge in [-0.15, -0.1) is 0 Å². The molecule has 25 heavy (non-hydrogen) atoms. The summed E-state index contributed by atoms with van der Waals surface area (Å²) < 4.78 is 6.09. The van der Waals surface area contributed by atoms with Crippen LogP contribution >= 0.6 is 15.9 Å². The molecule has 132 valence electrons. The average molecular weight is 406 g/mol. The minimum absolute atomic E-state index is 0.0145. The monoisotopic (exact) mass is 405 g/mol. The molecule has 1 atom stereocenters. The van der Waals surface area contributed by atoms with Gasteiger partial charge >= 0.3 is 5.97 Å². The van der Waals surface area contributed by atoms with Crippen LogP contribution in [0.5, 0.6) is 5.75 Å². The van der Waals surface area contributed by atoms with Crippen LogP contribution in [0.1, 0.15) is 42.1 Å². The highest BCUT2D eigenvalue weighted by molar-refractivity contribution is 9.10. The molecule has 0 bridgehead atoms. The molecular formula is C19H20BrNO4. The Morgan fingerprint density at radius 3 is 2.48 bits per heavy atom. The Morgan fingerprint density at radius 1 is 1.20 bits per heavy atom. The van der Waals surface area contributed by atoms with Gasteiger partial charge in [0.25, 0.3) is 5.91 Å². The maximum atomic E-state index is 12.0. The molecule has 0 heterocycles. The molecule has 0 aliphatic carbocycles. The molecular weight excluding hydrogens is 386 g/mol. The van der Waals surface area contributed by atoms with Gasteiger partial charge < -0.3 is 15.2 Å². The second-order valence-electron chi connectivity index (χ2n) is 5.71. The summed E-state index contributed by atoms with van der Waals surface area (Å²) in [6, 6.07) is 12.3. The van der Waals surface area contributed by atoms with Crippen LogP contribution in [0.15, 0.2) is 46.9 Å². The van der Waals surface area contributed by atoms with E-state index in [2.05, 4.69) is 35.1 Å². The van der Waals surface area contributed by atoms with Crippen molar-refractivity contribution in [3.8, 4) is 5.75 Å². The first-order chi connectivity index (χ1) is 11.9. The van der Waals surface area contributed by atoms with Gasteiger partial charge in [-0.1, -0.05) is 41.9 Å². The summed E-state index contributed by atoms with van der Waals surface area (Å²) in [5.41, 5.74) is 1.47. The van der Waals surface area contributed by atoms with Crippen molar-refractivity contribution in [1.82, 2.24) is 0 Å². The zero-order valence-electron chi connectivity index (χ0n) is 14.1. The topological polar surface area (TPSA) is 75.6 Å². The Kier molecular flexibility index (Phi) is 6.58. The number of carboxylic acid groups (broad SMARTS) is 1. The third-order valence-corrected chi connectivity index (χ3v) is 4.41. The second kappa shape index (κ2) is 8.67. The lowest BCUT2D eigenvalue weighted by molar-refractivity contribution is -0.118. The van der Waals surface area contributed by atoms with Crippen molar-refractivity contribution in [1.29, 1.82) is 0 Å². The molecule has 0 radical (unpaired) electrons. The molecule has 0 aliphatic heterocycles. The molecule has 6 heteroatoms. The summed E-state index contributed by atoms with van der Waals surface area (Å²) in [6.45, 7) is 4.09. The normalized spacial score (nSPS) is 11.6. The number of carboxylic acids is 1. The smallest absolute Gasteiger partial charge is 0.337 e. The molecule has 0 saturated heterocycles. The molecule has 2 aromatic carbocycles. The Morgan fingerprint density at radius 2 is 1.88 bits per heavy atom. The third kappa shape index (κ3) is 5.32. The van der Waals surface area contributed by atoms with Crippen molar-refractivity contribution in [2.75, 3.05) is 11.9 Å². The number of nitrogens with one attached hydrogen (secondary N) is 1. The van der Waals surface area contributed by atoms with Crippen molar-refractivity contribution in [2.45, 2.75) is 26.2 Å². The van der Waals surface area contributed by atoms with Crippen molar-refractivity contribution >= 4 is 33.5 Å². The lowest BCUT2D eigenvalue weighted by atomic mass is 9.99. The van der Waals surface area contributed by atoms with Crippen LogP contribution in [-0.2, 0) is 4.79 Å². The van der Waals surface area contributed by atoms with Gasteiger partial charge in [-0.05, 0) is 48.2 Å². The minimum Gasteiger partial charge on any atom is -0.484 e. The number of amides is 1. The highest BCUT2D eigenvalue weighted by Crippen LogP contribution is 2.22. The molecule has 0 aromatic heterocycles. The van der Waals surface area contributed by atoms with Crippen LogP contribution in [0.4, 0.5) is 5.69 Å². The van der Waals surface area contributed by atoms with Gasteiger partial charge in [-0.2, -0.15) is 0 Å². The highest BCUT2D eigenvalue weighted by Gasteiger charge is 2.13. The average Bonchev–Trinajstić information content (AvgIpc) is 2.61. The van der Waals surface area contributed by atoms with Gasteiger partial charge in [0, 0.05) is 4.47 Å². The number of carbonyl (C=O) groups excluding carboxylic acids is 1. The van der Waals surface area contributed by atoms with E-state index in [0.717, 1.165) is 6.42 Å². The molecule has 0 unspecified atom stereocenters. The van der Waals surface area contributed by atoms with Gasteiger partial charge in [0.1, 0.15) is 5.75 Å². The lowest BCUT2D eigenvalue weighted by Crippen LogP contribution is -2.21. The van der Waals surface area contributed by atoms with Gasteiger partial charge in [-0.25, -0.2) is 4.79 Å². The molecule has 5 nitrogen and oxygen atoms in total. The fourth-order valence-corrected chi connectivity index (χ4v) is 2.63. The van der Waals surface area contributed by atoms with E-state index in [1.807, 2.05) is 24.3 Å². The Labute approximate surface area is 155 Å². The van der Waals surface area contributed by atoms with Gasteiger partial charge in [-0.3, -0.25) is 4.79 Å². The van der Waals surface area contributed by atoms with E-state index in [-0.39, 0.29) is 17.9 Å². The van der Waals surface area contributed by atoms with Crippen LogP contribution in [0.2, 0.25) is 0 Å². The predicted octanol–water partition coefficient (Wildman–Crippen LogP) is 4.68. The summed E-state index contributed by atoms with van der Waals surface area (Å²) in [7, 11) is 0.